The Hall–Kier alpha value is -1.11. The molecule has 1 rings (SSSR count). The highest BCUT2D eigenvalue weighted by Crippen LogP contribution is 2.10. The average molecular weight is 347 g/mol. The molecule has 0 aliphatic rings. The summed E-state index contributed by atoms with van der Waals surface area (Å²) in [6.07, 6.45) is 0.197. The average Bonchev–Trinajstić information content (AvgIpc) is 2.29. The summed E-state index contributed by atoms with van der Waals surface area (Å²) >= 11 is 2.10. The minimum atomic E-state index is -0.296. The van der Waals surface area contributed by atoms with Crippen LogP contribution in [0.4, 0.5) is 0 Å². The largest absolute Gasteiger partial charge is 0.466 e. The van der Waals surface area contributed by atoms with Crippen molar-refractivity contribution in [3.8, 4) is 0 Å². The number of rotatable bonds is 5. The molecule has 0 spiro atoms. The molecule has 5 heteroatoms. The summed E-state index contributed by atoms with van der Waals surface area (Å²) in [4.78, 5) is 22.8. The number of halogens is 1. The highest BCUT2D eigenvalue weighted by Gasteiger charge is 2.09. The topological polar surface area (TPSA) is 55.4 Å². The maximum absolute atomic E-state index is 11.7. The molecule has 1 N–H and O–H groups in total. The minimum Gasteiger partial charge on any atom is -0.466 e. The van der Waals surface area contributed by atoms with E-state index >= 15 is 0 Å². The van der Waals surface area contributed by atoms with E-state index in [-0.39, 0.29) is 18.3 Å². The second kappa shape index (κ2) is 7.26. The van der Waals surface area contributed by atoms with E-state index in [4.69, 9.17) is 4.74 Å². The quantitative estimate of drug-likeness (QED) is 0.655. The van der Waals surface area contributed by atoms with Gasteiger partial charge in [0.2, 0.25) is 0 Å². The first-order valence-corrected chi connectivity index (χ1v) is 6.41. The second-order valence-corrected chi connectivity index (χ2v) is 4.45. The van der Waals surface area contributed by atoms with Crippen molar-refractivity contribution in [2.24, 2.45) is 0 Å². The highest BCUT2D eigenvalue weighted by atomic mass is 127. The van der Waals surface area contributed by atoms with Gasteiger partial charge in [-0.1, -0.05) is 12.1 Å². The van der Waals surface area contributed by atoms with Crippen molar-refractivity contribution in [1.82, 2.24) is 5.32 Å². The number of benzene rings is 1. The van der Waals surface area contributed by atoms with Crippen LogP contribution in [0, 0.1) is 3.57 Å². The molecule has 0 saturated heterocycles. The number of hydrogen-bond acceptors (Lipinski definition) is 3. The molecule has 0 saturated carbocycles. The van der Waals surface area contributed by atoms with Gasteiger partial charge in [0.05, 0.1) is 18.6 Å². The van der Waals surface area contributed by atoms with Crippen molar-refractivity contribution in [2.45, 2.75) is 13.3 Å². The molecule has 0 radical (unpaired) electrons. The standard InChI is InChI=1S/C12H14INO3/c1-2-17-11(15)7-8-14-12(16)9-5-3-4-6-10(9)13/h3-6H,2,7-8H2,1H3,(H,14,16). The number of amides is 1. The maximum atomic E-state index is 11.7. The van der Waals surface area contributed by atoms with Crippen LogP contribution in [-0.4, -0.2) is 25.0 Å². The zero-order valence-electron chi connectivity index (χ0n) is 9.53. The molecule has 0 heterocycles. The van der Waals surface area contributed by atoms with E-state index in [1.165, 1.54) is 0 Å². The summed E-state index contributed by atoms with van der Waals surface area (Å²) in [6.45, 7) is 2.41. The summed E-state index contributed by atoms with van der Waals surface area (Å²) < 4.78 is 5.65. The lowest BCUT2D eigenvalue weighted by Gasteiger charge is -2.06. The molecule has 4 nitrogen and oxygen atoms in total. The van der Waals surface area contributed by atoms with Crippen LogP contribution in [0.15, 0.2) is 24.3 Å². The molecule has 1 aromatic rings. The molecule has 0 fully saturated rings. The fourth-order valence-electron chi connectivity index (χ4n) is 1.25. The van der Waals surface area contributed by atoms with Gasteiger partial charge in [-0.2, -0.15) is 0 Å². The van der Waals surface area contributed by atoms with Gasteiger partial charge in [0.25, 0.3) is 5.91 Å². The van der Waals surface area contributed by atoms with Gasteiger partial charge in [-0.05, 0) is 41.6 Å². The van der Waals surface area contributed by atoms with E-state index in [1.807, 2.05) is 18.2 Å². The fraction of sp³-hybridized carbons (Fsp3) is 0.333. The normalized spacial score (nSPS) is 9.76. The third kappa shape index (κ3) is 4.72. The van der Waals surface area contributed by atoms with Crippen LogP contribution in [0.25, 0.3) is 0 Å². The van der Waals surface area contributed by atoms with Gasteiger partial charge in [0.1, 0.15) is 0 Å². The molecule has 0 aliphatic heterocycles. The molecule has 0 unspecified atom stereocenters. The van der Waals surface area contributed by atoms with Gasteiger partial charge in [-0.3, -0.25) is 9.59 Å². The van der Waals surface area contributed by atoms with Crippen LogP contribution in [0.3, 0.4) is 0 Å². The fourth-order valence-corrected chi connectivity index (χ4v) is 1.88. The van der Waals surface area contributed by atoms with E-state index in [2.05, 4.69) is 27.9 Å². The third-order valence-corrected chi connectivity index (χ3v) is 2.98. The summed E-state index contributed by atoms with van der Waals surface area (Å²) in [5.41, 5.74) is 0.622. The smallest absolute Gasteiger partial charge is 0.307 e. The molecule has 1 amide bonds. The molecule has 17 heavy (non-hydrogen) atoms. The first-order chi connectivity index (χ1) is 8.15. The second-order valence-electron chi connectivity index (χ2n) is 3.29. The maximum Gasteiger partial charge on any atom is 0.307 e. The number of ether oxygens (including phenoxy) is 1. The Morgan fingerprint density at radius 2 is 2.06 bits per heavy atom. The van der Waals surface area contributed by atoms with Crippen LogP contribution in [-0.2, 0) is 9.53 Å². The molecular formula is C12H14INO3. The third-order valence-electron chi connectivity index (χ3n) is 2.04. The molecule has 0 aromatic heterocycles. The van der Waals surface area contributed by atoms with E-state index in [0.29, 0.717) is 18.7 Å². The van der Waals surface area contributed by atoms with Gasteiger partial charge in [-0.15, -0.1) is 0 Å². The number of nitrogens with one attached hydrogen (secondary N) is 1. The van der Waals surface area contributed by atoms with Crippen molar-refractivity contribution < 1.29 is 14.3 Å². The Kier molecular flexibility index (Phi) is 5.96. The van der Waals surface area contributed by atoms with Crippen molar-refractivity contribution in [3.63, 3.8) is 0 Å². The number of esters is 1. The van der Waals surface area contributed by atoms with Gasteiger partial charge in [0, 0.05) is 10.1 Å². The van der Waals surface area contributed by atoms with Crippen LogP contribution in [0.1, 0.15) is 23.7 Å². The van der Waals surface area contributed by atoms with E-state index in [1.54, 1.807) is 13.0 Å². The van der Waals surface area contributed by atoms with Crippen LogP contribution < -0.4 is 5.32 Å². The van der Waals surface area contributed by atoms with Crippen molar-refractivity contribution in [2.75, 3.05) is 13.2 Å². The lowest BCUT2D eigenvalue weighted by molar-refractivity contribution is -0.142. The van der Waals surface area contributed by atoms with Crippen molar-refractivity contribution in [1.29, 1.82) is 0 Å². The van der Waals surface area contributed by atoms with Gasteiger partial charge in [0.15, 0.2) is 0 Å². The molecule has 92 valence electrons. The van der Waals surface area contributed by atoms with E-state index in [0.717, 1.165) is 3.57 Å². The van der Waals surface area contributed by atoms with Crippen molar-refractivity contribution in [3.05, 3.63) is 33.4 Å². The zero-order chi connectivity index (χ0) is 12.7. The zero-order valence-corrected chi connectivity index (χ0v) is 11.7. The Morgan fingerprint density at radius 3 is 2.71 bits per heavy atom. The Morgan fingerprint density at radius 1 is 1.35 bits per heavy atom. The van der Waals surface area contributed by atoms with E-state index in [9.17, 15) is 9.59 Å². The molecule has 1 aromatic carbocycles. The Bertz CT molecular complexity index is 406. The molecular weight excluding hydrogens is 333 g/mol. The van der Waals surface area contributed by atoms with E-state index < -0.39 is 0 Å². The monoisotopic (exact) mass is 347 g/mol. The summed E-state index contributed by atoms with van der Waals surface area (Å²) in [5, 5.41) is 2.68. The minimum absolute atomic E-state index is 0.167. The number of carbonyl (C=O) groups is 2. The van der Waals surface area contributed by atoms with Crippen LogP contribution in [0.5, 0.6) is 0 Å². The first-order valence-electron chi connectivity index (χ1n) is 5.33. The Balaban J connectivity index is 2.41. The molecule has 0 aliphatic carbocycles. The SMILES string of the molecule is CCOC(=O)CCNC(=O)c1ccccc1I. The predicted octanol–water partition coefficient (Wildman–Crippen LogP) is 1.97. The van der Waals surface area contributed by atoms with Crippen LogP contribution in [0.2, 0.25) is 0 Å². The molecule has 0 atom stereocenters. The summed E-state index contributed by atoms with van der Waals surface area (Å²) in [7, 11) is 0. The molecule has 0 bridgehead atoms. The highest BCUT2D eigenvalue weighted by molar-refractivity contribution is 14.1. The number of carbonyl (C=O) groups excluding carboxylic acids is 2. The predicted molar refractivity (Wildman–Crippen MR) is 72.7 cm³/mol. The summed E-state index contributed by atoms with van der Waals surface area (Å²) in [6, 6.07) is 7.29. The lowest BCUT2D eigenvalue weighted by Crippen LogP contribution is -2.27. The van der Waals surface area contributed by atoms with Gasteiger partial charge < -0.3 is 10.1 Å². The van der Waals surface area contributed by atoms with Gasteiger partial charge in [-0.25, -0.2) is 0 Å². The first kappa shape index (κ1) is 14.0. The van der Waals surface area contributed by atoms with Crippen LogP contribution >= 0.6 is 22.6 Å². The van der Waals surface area contributed by atoms with Crippen molar-refractivity contribution >= 4 is 34.5 Å². The van der Waals surface area contributed by atoms with Gasteiger partial charge >= 0.3 is 5.97 Å². The number of hydrogen-bond donors (Lipinski definition) is 1. The lowest BCUT2D eigenvalue weighted by atomic mass is 10.2. The Labute approximate surface area is 114 Å². The summed E-state index contributed by atoms with van der Waals surface area (Å²) in [5.74, 6) is -0.463.